The number of nitrogens with zero attached hydrogens (tertiary/aromatic N) is 4. The highest BCUT2D eigenvalue weighted by molar-refractivity contribution is 5.85. The van der Waals surface area contributed by atoms with Gasteiger partial charge in [-0.15, -0.1) is 12.4 Å². The minimum absolute atomic E-state index is 0. The molecule has 0 spiro atoms. The van der Waals surface area contributed by atoms with Crippen LogP contribution < -0.4 is 4.90 Å². The molecule has 0 amide bonds. The molecule has 1 saturated heterocycles. The van der Waals surface area contributed by atoms with Gasteiger partial charge in [0.25, 0.3) is 0 Å². The molecule has 0 unspecified atom stereocenters. The molecule has 3 aromatic rings. The molecule has 0 radical (unpaired) electrons. The molecule has 4 rings (SSSR count). The first-order valence-electron chi connectivity index (χ1n) is 10.6. The standard InChI is InChI=1S/C24H25F3N4O.ClH/c25-20-6-2-18(3-7-20)24(32,19-4-8-21(26)9-5-19)10-1-11-30-12-14-31(15-13-30)23-28-16-22(27)17-29-23;/h2-9,16-17,32H,1,10-15H2;1H. The number of rotatable bonds is 7. The van der Waals surface area contributed by atoms with Crippen molar-refractivity contribution in [2.75, 3.05) is 37.6 Å². The monoisotopic (exact) mass is 478 g/mol. The smallest absolute Gasteiger partial charge is 0.225 e. The van der Waals surface area contributed by atoms with Crippen molar-refractivity contribution in [3.05, 3.63) is 89.5 Å². The lowest BCUT2D eigenvalue weighted by atomic mass is 9.82. The van der Waals surface area contributed by atoms with Gasteiger partial charge in [-0.05, 0) is 54.8 Å². The average molecular weight is 479 g/mol. The van der Waals surface area contributed by atoms with Gasteiger partial charge in [-0.25, -0.2) is 23.1 Å². The van der Waals surface area contributed by atoms with Gasteiger partial charge in [0.15, 0.2) is 5.82 Å². The summed E-state index contributed by atoms with van der Waals surface area (Å²) in [7, 11) is 0. The zero-order valence-corrected chi connectivity index (χ0v) is 18.8. The third-order valence-electron chi connectivity index (χ3n) is 5.92. The maximum Gasteiger partial charge on any atom is 0.225 e. The van der Waals surface area contributed by atoms with Gasteiger partial charge in [0, 0.05) is 26.2 Å². The molecule has 1 aliphatic rings. The Balaban J connectivity index is 0.00000306. The number of aliphatic hydroxyl groups is 1. The molecule has 1 N–H and O–H groups in total. The van der Waals surface area contributed by atoms with Gasteiger partial charge in [0.1, 0.15) is 17.2 Å². The van der Waals surface area contributed by atoms with Gasteiger partial charge >= 0.3 is 0 Å². The highest BCUT2D eigenvalue weighted by Gasteiger charge is 2.31. The number of aromatic nitrogens is 2. The van der Waals surface area contributed by atoms with E-state index >= 15 is 0 Å². The molecule has 176 valence electrons. The minimum Gasteiger partial charge on any atom is -0.380 e. The fourth-order valence-electron chi connectivity index (χ4n) is 4.11. The van der Waals surface area contributed by atoms with E-state index in [1.165, 1.54) is 36.7 Å². The summed E-state index contributed by atoms with van der Waals surface area (Å²) in [6, 6.07) is 11.6. The fraction of sp³-hybridized carbons (Fsp3) is 0.333. The Kier molecular flexibility index (Phi) is 8.29. The summed E-state index contributed by atoms with van der Waals surface area (Å²) in [5.74, 6) is -0.688. The second-order valence-corrected chi connectivity index (χ2v) is 8.01. The van der Waals surface area contributed by atoms with Crippen LogP contribution in [0.15, 0.2) is 60.9 Å². The first-order valence-corrected chi connectivity index (χ1v) is 10.6. The molecule has 0 saturated carbocycles. The molecule has 1 aliphatic heterocycles. The molecule has 0 aliphatic carbocycles. The predicted molar refractivity (Wildman–Crippen MR) is 123 cm³/mol. The molecule has 1 fully saturated rings. The summed E-state index contributed by atoms with van der Waals surface area (Å²) in [5.41, 5.74) is -0.196. The average Bonchev–Trinajstić information content (AvgIpc) is 2.81. The molecule has 0 bridgehead atoms. The van der Waals surface area contributed by atoms with E-state index in [0.29, 0.717) is 29.9 Å². The third-order valence-corrected chi connectivity index (χ3v) is 5.92. The maximum atomic E-state index is 13.4. The maximum absolute atomic E-state index is 13.4. The molecule has 9 heteroatoms. The number of piperazine rings is 1. The second-order valence-electron chi connectivity index (χ2n) is 8.01. The van der Waals surface area contributed by atoms with E-state index < -0.39 is 11.4 Å². The van der Waals surface area contributed by atoms with Crippen molar-refractivity contribution in [2.24, 2.45) is 0 Å². The lowest BCUT2D eigenvalue weighted by Gasteiger charge is -2.35. The summed E-state index contributed by atoms with van der Waals surface area (Å²) in [6.45, 7) is 3.82. The molecule has 1 aromatic heterocycles. The number of hydrogen-bond donors (Lipinski definition) is 1. The van der Waals surface area contributed by atoms with Crippen LogP contribution in [0.4, 0.5) is 19.1 Å². The third kappa shape index (κ3) is 6.01. The molecule has 2 heterocycles. The van der Waals surface area contributed by atoms with Gasteiger partial charge in [0.05, 0.1) is 12.4 Å². The van der Waals surface area contributed by atoms with E-state index in [4.69, 9.17) is 0 Å². The normalized spacial score (nSPS) is 14.7. The lowest BCUT2D eigenvalue weighted by Crippen LogP contribution is -2.47. The van der Waals surface area contributed by atoms with Crippen molar-refractivity contribution in [3.8, 4) is 0 Å². The molecule has 2 aromatic carbocycles. The van der Waals surface area contributed by atoms with Gasteiger partial charge in [0.2, 0.25) is 5.95 Å². The first-order chi connectivity index (χ1) is 15.4. The number of halogens is 4. The molecule has 0 atom stereocenters. The lowest BCUT2D eigenvalue weighted by molar-refractivity contribution is 0.0643. The van der Waals surface area contributed by atoms with E-state index in [9.17, 15) is 18.3 Å². The summed E-state index contributed by atoms with van der Waals surface area (Å²) in [5, 5.41) is 11.6. The van der Waals surface area contributed by atoms with Crippen molar-refractivity contribution < 1.29 is 18.3 Å². The summed E-state index contributed by atoms with van der Waals surface area (Å²) in [4.78, 5) is 12.4. The highest BCUT2D eigenvalue weighted by atomic mass is 35.5. The molecule has 33 heavy (non-hydrogen) atoms. The summed E-state index contributed by atoms with van der Waals surface area (Å²) in [6.07, 6.45) is 3.44. The zero-order valence-electron chi connectivity index (χ0n) is 18.0. The molecule has 5 nitrogen and oxygen atoms in total. The van der Waals surface area contributed by atoms with E-state index in [1.807, 2.05) is 4.90 Å². The van der Waals surface area contributed by atoms with Gasteiger partial charge in [-0.3, -0.25) is 4.90 Å². The quantitative estimate of drug-likeness (QED) is 0.553. The van der Waals surface area contributed by atoms with Crippen molar-refractivity contribution in [3.63, 3.8) is 0 Å². The predicted octanol–water partition coefficient (Wildman–Crippen LogP) is 4.15. The van der Waals surface area contributed by atoms with Gasteiger partial charge < -0.3 is 10.0 Å². The van der Waals surface area contributed by atoms with Crippen molar-refractivity contribution in [1.82, 2.24) is 14.9 Å². The number of benzene rings is 2. The van der Waals surface area contributed by atoms with Crippen LogP contribution in [-0.4, -0.2) is 52.7 Å². The Labute approximate surface area is 197 Å². The zero-order chi connectivity index (χ0) is 22.6. The molecular weight excluding hydrogens is 453 g/mol. The first kappa shape index (κ1) is 25.0. The van der Waals surface area contributed by atoms with Crippen LogP contribution in [0.2, 0.25) is 0 Å². The van der Waals surface area contributed by atoms with Crippen LogP contribution in [0, 0.1) is 17.5 Å². The van der Waals surface area contributed by atoms with Crippen LogP contribution in [0.25, 0.3) is 0 Å². The van der Waals surface area contributed by atoms with E-state index in [1.54, 1.807) is 24.3 Å². The van der Waals surface area contributed by atoms with Crippen molar-refractivity contribution in [2.45, 2.75) is 18.4 Å². The Bertz CT molecular complexity index is 966. The topological polar surface area (TPSA) is 52.5 Å². The highest BCUT2D eigenvalue weighted by Crippen LogP contribution is 2.34. The van der Waals surface area contributed by atoms with Crippen LogP contribution in [0.5, 0.6) is 0 Å². The summed E-state index contributed by atoms with van der Waals surface area (Å²) < 4.78 is 39.9. The van der Waals surface area contributed by atoms with Crippen LogP contribution >= 0.6 is 12.4 Å². The Morgan fingerprint density at radius 3 is 1.73 bits per heavy atom. The molecular formula is C24H26ClF3N4O. The largest absolute Gasteiger partial charge is 0.380 e. The Morgan fingerprint density at radius 1 is 0.758 bits per heavy atom. The van der Waals surface area contributed by atoms with Crippen LogP contribution in [-0.2, 0) is 5.60 Å². The number of hydrogen-bond acceptors (Lipinski definition) is 5. The van der Waals surface area contributed by atoms with E-state index in [-0.39, 0.29) is 24.0 Å². The number of anilines is 1. The Morgan fingerprint density at radius 2 is 1.24 bits per heavy atom. The van der Waals surface area contributed by atoms with Crippen molar-refractivity contribution in [1.29, 1.82) is 0 Å². The summed E-state index contributed by atoms with van der Waals surface area (Å²) >= 11 is 0. The Hall–Kier alpha value is -2.68. The second kappa shape index (κ2) is 11.0. The SMILES string of the molecule is Cl.OC(CCCN1CCN(c2ncc(F)cn2)CC1)(c1ccc(F)cc1)c1ccc(F)cc1. The van der Waals surface area contributed by atoms with Gasteiger partial charge in [-0.2, -0.15) is 0 Å². The van der Waals surface area contributed by atoms with Crippen LogP contribution in [0.3, 0.4) is 0 Å². The van der Waals surface area contributed by atoms with Gasteiger partial charge in [-0.1, -0.05) is 24.3 Å². The van der Waals surface area contributed by atoms with Crippen LogP contribution in [0.1, 0.15) is 24.0 Å². The minimum atomic E-state index is -1.34. The van der Waals surface area contributed by atoms with Crippen molar-refractivity contribution >= 4 is 18.4 Å². The van der Waals surface area contributed by atoms with E-state index in [0.717, 1.165) is 32.7 Å². The van der Waals surface area contributed by atoms with E-state index in [2.05, 4.69) is 14.9 Å². The fourth-order valence-corrected chi connectivity index (χ4v) is 4.11.